The van der Waals surface area contributed by atoms with Gasteiger partial charge in [-0.25, -0.2) is 0 Å². The van der Waals surface area contributed by atoms with Crippen LogP contribution in [0.4, 0.5) is 5.69 Å². The maximum atomic E-state index is 12.3. The molecule has 4 heteroatoms. The van der Waals surface area contributed by atoms with Crippen molar-refractivity contribution in [2.75, 3.05) is 5.32 Å². The summed E-state index contributed by atoms with van der Waals surface area (Å²) in [6, 6.07) is 13.1. The van der Waals surface area contributed by atoms with Gasteiger partial charge in [-0.15, -0.1) is 0 Å². The smallest absolute Gasteiger partial charge is 0.265 e. The second kappa shape index (κ2) is 7.32. The third-order valence-electron chi connectivity index (χ3n) is 3.47. The van der Waals surface area contributed by atoms with Crippen LogP contribution in [0.2, 0.25) is 5.02 Å². The summed E-state index contributed by atoms with van der Waals surface area (Å²) >= 11 is 5.92. The van der Waals surface area contributed by atoms with E-state index in [-0.39, 0.29) is 5.91 Å². The van der Waals surface area contributed by atoms with E-state index in [0.29, 0.717) is 10.8 Å². The fourth-order valence-electron chi connectivity index (χ4n) is 2.17. The molecular weight excluding hydrogens is 298 g/mol. The molecule has 0 aliphatic carbocycles. The number of hydrogen-bond donors (Lipinski definition) is 1. The zero-order chi connectivity index (χ0) is 16.1. The van der Waals surface area contributed by atoms with E-state index >= 15 is 0 Å². The number of carbonyl (C=O) groups excluding carboxylic acids is 1. The Bertz CT molecular complexity index is 670. The number of nitrogens with one attached hydrogen (secondary N) is 1. The van der Waals surface area contributed by atoms with Gasteiger partial charge in [-0.05, 0) is 55.7 Å². The highest BCUT2D eigenvalue weighted by Crippen LogP contribution is 2.23. The van der Waals surface area contributed by atoms with E-state index in [2.05, 4.69) is 12.2 Å². The summed E-state index contributed by atoms with van der Waals surface area (Å²) in [4.78, 5) is 12.3. The minimum Gasteiger partial charge on any atom is -0.481 e. The van der Waals surface area contributed by atoms with Crippen LogP contribution in [0.1, 0.15) is 25.0 Å². The van der Waals surface area contributed by atoms with Crippen molar-refractivity contribution in [1.82, 2.24) is 0 Å². The molecule has 1 N–H and O–H groups in total. The summed E-state index contributed by atoms with van der Waals surface area (Å²) < 4.78 is 5.74. The molecule has 0 heterocycles. The van der Waals surface area contributed by atoms with Crippen molar-refractivity contribution < 1.29 is 9.53 Å². The third kappa shape index (κ3) is 4.01. The van der Waals surface area contributed by atoms with Crippen LogP contribution in [0.3, 0.4) is 0 Å². The van der Waals surface area contributed by atoms with Crippen molar-refractivity contribution >= 4 is 23.2 Å². The lowest BCUT2D eigenvalue weighted by Crippen LogP contribution is -2.30. The second-order valence-electron chi connectivity index (χ2n) is 5.17. The number of anilines is 1. The molecule has 1 atom stereocenters. The first-order valence-corrected chi connectivity index (χ1v) is 7.70. The van der Waals surface area contributed by atoms with Crippen molar-refractivity contribution in [3.63, 3.8) is 0 Å². The molecule has 0 bridgehead atoms. The maximum Gasteiger partial charge on any atom is 0.265 e. The summed E-state index contributed by atoms with van der Waals surface area (Å²) in [6.45, 7) is 5.69. The molecule has 1 amide bonds. The molecule has 2 aromatic rings. The highest BCUT2D eigenvalue weighted by Gasteiger charge is 2.16. The normalized spacial score (nSPS) is 11.8. The first-order valence-electron chi connectivity index (χ1n) is 7.33. The number of ether oxygens (including phenoxy) is 1. The average molecular weight is 318 g/mol. The highest BCUT2D eigenvalue weighted by atomic mass is 35.5. The standard InChI is InChI=1S/C18H20ClNO2/c1-4-14-7-5-6-8-16(14)20-18(21)13(3)22-17-10-9-15(19)11-12(17)2/h5-11,13H,4H2,1-3H3,(H,20,21)/t13-/m1/s1. The van der Waals surface area contributed by atoms with Crippen LogP contribution in [0, 0.1) is 6.92 Å². The minimum atomic E-state index is -0.593. The topological polar surface area (TPSA) is 38.3 Å². The number of aryl methyl sites for hydroxylation is 2. The molecule has 22 heavy (non-hydrogen) atoms. The molecule has 0 saturated carbocycles. The number of para-hydroxylation sites is 1. The first-order chi connectivity index (χ1) is 10.5. The predicted octanol–water partition coefficient (Wildman–Crippen LogP) is 4.62. The number of benzene rings is 2. The van der Waals surface area contributed by atoms with Crippen LogP contribution >= 0.6 is 11.6 Å². The van der Waals surface area contributed by atoms with E-state index < -0.39 is 6.10 Å². The van der Waals surface area contributed by atoms with Crippen LogP contribution in [0.15, 0.2) is 42.5 Å². The van der Waals surface area contributed by atoms with Gasteiger partial charge in [-0.3, -0.25) is 4.79 Å². The largest absolute Gasteiger partial charge is 0.481 e. The molecule has 0 aliphatic heterocycles. The van der Waals surface area contributed by atoms with Gasteiger partial charge in [-0.2, -0.15) is 0 Å². The van der Waals surface area contributed by atoms with Gasteiger partial charge in [-0.1, -0.05) is 36.7 Å². The summed E-state index contributed by atoms with van der Waals surface area (Å²) in [5.41, 5.74) is 2.84. The summed E-state index contributed by atoms with van der Waals surface area (Å²) in [5.74, 6) is 0.492. The van der Waals surface area contributed by atoms with E-state index in [9.17, 15) is 4.79 Å². The van der Waals surface area contributed by atoms with Crippen LogP contribution in [-0.4, -0.2) is 12.0 Å². The Balaban J connectivity index is 2.06. The van der Waals surface area contributed by atoms with Gasteiger partial charge in [0.15, 0.2) is 6.10 Å². The SMILES string of the molecule is CCc1ccccc1NC(=O)[C@@H](C)Oc1ccc(Cl)cc1C. The number of carbonyl (C=O) groups is 1. The molecular formula is C18H20ClNO2. The van der Waals surface area contributed by atoms with Crippen LogP contribution in [-0.2, 0) is 11.2 Å². The Labute approximate surface area is 136 Å². The van der Waals surface area contributed by atoms with Crippen LogP contribution in [0.25, 0.3) is 0 Å². The van der Waals surface area contributed by atoms with Crippen LogP contribution in [0.5, 0.6) is 5.75 Å². The Hall–Kier alpha value is -2.00. The molecule has 0 unspecified atom stereocenters. The number of hydrogen-bond acceptors (Lipinski definition) is 2. The zero-order valence-corrected chi connectivity index (χ0v) is 13.8. The second-order valence-corrected chi connectivity index (χ2v) is 5.61. The zero-order valence-electron chi connectivity index (χ0n) is 13.0. The van der Waals surface area contributed by atoms with E-state index in [1.165, 1.54) is 0 Å². The van der Waals surface area contributed by atoms with Gasteiger partial charge in [0.25, 0.3) is 5.91 Å². The Morgan fingerprint density at radius 1 is 1.27 bits per heavy atom. The monoisotopic (exact) mass is 317 g/mol. The van der Waals surface area contributed by atoms with Gasteiger partial charge in [0.1, 0.15) is 5.75 Å². The summed E-state index contributed by atoms with van der Waals surface area (Å²) in [7, 11) is 0. The lowest BCUT2D eigenvalue weighted by molar-refractivity contribution is -0.122. The maximum absolute atomic E-state index is 12.3. The summed E-state index contributed by atoms with van der Waals surface area (Å²) in [6.07, 6.45) is 0.270. The molecule has 0 spiro atoms. The lowest BCUT2D eigenvalue weighted by atomic mass is 10.1. The molecule has 0 aliphatic rings. The molecule has 2 rings (SSSR count). The van der Waals surface area contributed by atoms with Gasteiger partial charge in [0.2, 0.25) is 0 Å². The van der Waals surface area contributed by atoms with E-state index in [1.807, 2.05) is 37.3 Å². The van der Waals surface area contributed by atoms with Gasteiger partial charge in [0, 0.05) is 10.7 Å². The number of amides is 1. The Kier molecular flexibility index (Phi) is 5.45. The molecule has 0 fully saturated rings. The van der Waals surface area contributed by atoms with Crippen LogP contribution < -0.4 is 10.1 Å². The molecule has 0 aromatic heterocycles. The highest BCUT2D eigenvalue weighted by molar-refractivity contribution is 6.30. The summed E-state index contributed by atoms with van der Waals surface area (Å²) in [5, 5.41) is 3.57. The van der Waals surface area contributed by atoms with E-state index in [0.717, 1.165) is 23.2 Å². The Morgan fingerprint density at radius 3 is 2.68 bits per heavy atom. The fraction of sp³-hybridized carbons (Fsp3) is 0.278. The average Bonchev–Trinajstić information content (AvgIpc) is 2.50. The first kappa shape index (κ1) is 16.4. The van der Waals surface area contributed by atoms with Crippen molar-refractivity contribution in [2.45, 2.75) is 33.3 Å². The van der Waals surface area contributed by atoms with Gasteiger partial charge >= 0.3 is 0 Å². The van der Waals surface area contributed by atoms with Crippen molar-refractivity contribution in [3.8, 4) is 5.75 Å². The molecule has 2 aromatic carbocycles. The van der Waals surface area contributed by atoms with Gasteiger partial charge in [0.05, 0.1) is 0 Å². The van der Waals surface area contributed by atoms with Crippen molar-refractivity contribution in [1.29, 1.82) is 0 Å². The predicted molar refractivity (Wildman–Crippen MR) is 90.7 cm³/mol. The van der Waals surface area contributed by atoms with Gasteiger partial charge < -0.3 is 10.1 Å². The van der Waals surface area contributed by atoms with E-state index in [4.69, 9.17) is 16.3 Å². The van der Waals surface area contributed by atoms with E-state index in [1.54, 1.807) is 19.1 Å². The van der Waals surface area contributed by atoms with Crippen molar-refractivity contribution in [2.24, 2.45) is 0 Å². The van der Waals surface area contributed by atoms with Crippen molar-refractivity contribution in [3.05, 3.63) is 58.6 Å². The fourth-order valence-corrected chi connectivity index (χ4v) is 2.40. The molecule has 0 radical (unpaired) electrons. The lowest BCUT2D eigenvalue weighted by Gasteiger charge is -2.17. The molecule has 3 nitrogen and oxygen atoms in total. The molecule has 116 valence electrons. The molecule has 0 saturated heterocycles. The third-order valence-corrected chi connectivity index (χ3v) is 3.70. The minimum absolute atomic E-state index is 0.171. The number of halogens is 1. The number of rotatable bonds is 5. The Morgan fingerprint density at radius 2 is 2.00 bits per heavy atom. The quantitative estimate of drug-likeness (QED) is 0.874.